The van der Waals surface area contributed by atoms with Crippen LogP contribution in [0.15, 0.2) is 33.1 Å². The van der Waals surface area contributed by atoms with Crippen molar-refractivity contribution in [2.75, 3.05) is 0 Å². The maximum Gasteiger partial charge on any atom is 0.391 e. The van der Waals surface area contributed by atoms with Gasteiger partial charge in [0.25, 0.3) is 0 Å². The van der Waals surface area contributed by atoms with Crippen LogP contribution in [-0.4, -0.2) is 6.18 Å². The molecule has 2 aromatic heterocycles. The topological polar surface area (TPSA) is 78.3 Å². The Morgan fingerprint density at radius 3 is 1.39 bits per heavy atom. The largest absolute Gasteiger partial charge is 0.465 e. The van der Waals surface area contributed by atoms with Crippen LogP contribution in [0.25, 0.3) is 0 Å². The van der Waals surface area contributed by atoms with Gasteiger partial charge in [0, 0.05) is 0 Å². The third kappa shape index (κ3) is 11.2. The maximum absolute atomic E-state index is 11.9. The standard InChI is InChI=1S/C11H19NO.C8H10F3NO.C2H6/c1-8-5-6-10(13-8)9(12)7-11(2,3)4;1-5-2-3-7(13-5)6(12)4-8(9,10)11;1-2/h5-6,9H,7,12H2,1-4H3;2-3,6H,4,12H2,1H3;1-2H3. The molecule has 0 aliphatic carbocycles. The van der Waals surface area contributed by atoms with Gasteiger partial charge < -0.3 is 20.3 Å². The molecule has 2 aromatic rings. The predicted octanol–water partition coefficient (Wildman–Crippen LogP) is 6.59. The number of hydrogen-bond donors (Lipinski definition) is 2. The van der Waals surface area contributed by atoms with Crippen LogP contribution in [0, 0.1) is 19.3 Å². The minimum absolute atomic E-state index is 0.0219. The molecule has 0 aromatic carbocycles. The average Bonchev–Trinajstić information content (AvgIpc) is 3.15. The first kappa shape index (κ1) is 26.3. The summed E-state index contributed by atoms with van der Waals surface area (Å²) >= 11 is 0. The zero-order valence-electron chi connectivity index (χ0n) is 18.0. The molecular weight excluding hydrogens is 369 g/mol. The highest BCUT2D eigenvalue weighted by Gasteiger charge is 2.32. The fourth-order valence-corrected chi connectivity index (χ4v) is 2.42. The lowest BCUT2D eigenvalue weighted by Gasteiger charge is -2.21. The molecule has 0 amide bonds. The quantitative estimate of drug-likeness (QED) is 0.602. The van der Waals surface area contributed by atoms with Gasteiger partial charge >= 0.3 is 6.18 Å². The summed E-state index contributed by atoms with van der Waals surface area (Å²) in [7, 11) is 0. The molecule has 28 heavy (non-hydrogen) atoms. The molecule has 0 bridgehead atoms. The number of alkyl halides is 3. The summed E-state index contributed by atoms with van der Waals surface area (Å²) in [4.78, 5) is 0. The summed E-state index contributed by atoms with van der Waals surface area (Å²) in [6.07, 6.45) is -4.36. The van der Waals surface area contributed by atoms with Crippen molar-refractivity contribution in [1.29, 1.82) is 0 Å². The average molecular weight is 405 g/mol. The smallest absolute Gasteiger partial charge is 0.391 e. The minimum Gasteiger partial charge on any atom is -0.465 e. The second-order valence-electron chi connectivity index (χ2n) is 7.69. The molecule has 7 heteroatoms. The van der Waals surface area contributed by atoms with E-state index in [1.54, 1.807) is 13.0 Å². The van der Waals surface area contributed by atoms with E-state index in [2.05, 4.69) is 20.8 Å². The van der Waals surface area contributed by atoms with Crippen molar-refractivity contribution in [3.8, 4) is 0 Å². The molecule has 0 radical (unpaired) electrons. The zero-order chi connectivity index (χ0) is 22.1. The molecule has 0 fully saturated rings. The highest BCUT2D eigenvalue weighted by atomic mass is 19.4. The number of aryl methyl sites for hydroxylation is 2. The number of halogens is 3. The fraction of sp³-hybridized carbons (Fsp3) is 0.619. The molecule has 2 atom stereocenters. The Morgan fingerprint density at radius 1 is 0.786 bits per heavy atom. The molecule has 2 unspecified atom stereocenters. The van der Waals surface area contributed by atoms with E-state index in [1.807, 2.05) is 32.9 Å². The lowest BCUT2D eigenvalue weighted by Crippen LogP contribution is -2.19. The summed E-state index contributed by atoms with van der Waals surface area (Å²) < 4.78 is 46.1. The van der Waals surface area contributed by atoms with E-state index >= 15 is 0 Å². The van der Waals surface area contributed by atoms with Gasteiger partial charge in [0.2, 0.25) is 0 Å². The second kappa shape index (κ2) is 11.3. The lowest BCUT2D eigenvalue weighted by molar-refractivity contribution is -0.139. The van der Waals surface area contributed by atoms with Crippen molar-refractivity contribution < 1.29 is 22.0 Å². The molecule has 0 aliphatic heterocycles. The molecule has 4 N–H and O–H groups in total. The van der Waals surface area contributed by atoms with Crippen molar-refractivity contribution >= 4 is 0 Å². The first-order valence-electron chi connectivity index (χ1n) is 9.47. The van der Waals surface area contributed by atoms with Gasteiger partial charge in [0.15, 0.2) is 0 Å². The Kier molecular flexibility index (Phi) is 10.6. The maximum atomic E-state index is 11.9. The number of furan rings is 2. The highest BCUT2D eigenvalue weighted by Crippen LogP contribution is 2.29. The van der Waals surface area contributed by atoms with Crippen LogP contribution in [0.2, 0.25) is 0 Å². The predicted molar refractivity (Wildman–Crippen MR) is 107 cm³/mol. The number of hydrogen-bond acceptors (Lipinski definition) is 4. The van der Waals surface area contributed by atoms with Crippen LogP contribution in [0.3, 0.4) is 0 Å². The van der Waals surface area contributed by atoms with Crippen molar-refractivity contribution in [3.63, 3.8) is 0 Å². The van der Waals surface area contributed by atoms with Gasteiger partial charge in [-0.25, -0.2) is 0 Å². The van der Waals surface area contributed by atoms with Gasteiger partial charge in [-0.1, -0.05) is 34.6 Å². The lowest BCUT2D eigenvalue weighted by atomic mass is 9.88. The van der Waals surface area contributed by atoms with Crippen LogP contribution in [0.5, 0.6) is 0 Å². The van der Waals surface area contributed by atoms with E-state index in [9.17, 15) is 13.2 Å². The van der Waals surface area contributed by atoms with E-state index in [1.165, 1.54) is 6.07 Å². The first-order chi connectivity index (χ1) is 12.8. The SMILES string of the molecule is CC.Cc1ccc(C(N)CC(C)(C)C)o1.Cc1ccc(C(N)CC(F)(F)F)o1. The van der Waals surface area contributed by atoms with Crippen molar-refractivity contribution in [1.82, 2.24) is 0 Å². The summed E-state index contributed by atoms with van der Waals surface area (Å²) in [5.41, 5.74) is 11.5. The van der Waals surface area contributed by atoms with E-state index in [-0.39, 0.29) is 17.2 Å². The van der Waals surface area contributed by atoms with Gasteiger partial charge in [0.1, 0.15) is 23.0 Å². The van der Waals surface area contributed by atoms with Crippen LogP contribution in [-0.2, 0) is 0 Å². The van der Waals surface area contributed by atoms with Gasteiger partial charge in [-0.05, 0) is 49.9 Å². The van der Waals surface area contributed by atoms with Gasteiger partial charge in [0.05, 0.1) is 18.5 Å². The third-order valence-electron chi connectivity index (χ3n) is 3.54. The number of nitrogens with two attached hydrogens (primary N) is 2. The number of rotatable bonds is 4. The summed E-state index contributed by atoms with van der Waals surface area (Å²) in [5, 5.41) is 0. The van der Waals surface area contributed by atoms with E-state index < -0.39 is 18.6 Å². The van der Waals surface area contributed by atoms with Gasteiger partial charge in [-0.3, -0.25) is 0 Å². The highest BCUT2D eigenvalue weighted by molar-refractivity contribution is 5.10. The summed E-state index contributed by atoms with van der Waals surface area (Å²) in [5.74, 6) is 2.56. The van der Waals surface area contributed by atoms with E-state index in [0.29, 0.717) is 5.76 Å². The molecule has 2 heterocycles. The molecule has 0 aliphatic rings. The molecule has 162 valence electrons. The molecule has 0 spiro atoms. The Hall–Kier alpha value is -1.73. The van der Waals surface area contributed by atoms with Crippen molar-refractivity contribution in [2.24, 2.45) is 16.9 Å². The molecular formula is C21H35F3N2O2. The van der Waals surface area contributed by atoms with Crippen LogP contribution in [0.1, 0.15) is 82.6 Å². The monoisotopic (exact) mass is 404 g/mol. The van der Waals surface area contributed by atoms with Gasteiger partial charge in [-0.2, -0.15) is 13.2 Å². The van der Waals surface area contributed by atoms with E-state index in [4.69, 9.17) is 20.3 Å². The first-order valence-corrected chi connectivity index (χ1v) is 9.47. The van der Waals surface area contributed by atoms with Crippen molar-refractivity contribution in [3.05, 3.63) is 47.3 Å². The fourth-order valence-electron chi connectivity index (χ4n) is 2.42. The Labute approximate surface area is 166 Å². The summed E-state index contributed by atoms with van der Waals surface area (Å²) in [6, 6.07) is 5.89. The molecule has 0 saturated heterocycles. The van der Waals surface area contributed by atoms with Crippen LogP contribution >= 0.6 is 0 Å². The minimum atomic E-state index is -4.25. The van der Waals surface area contributed by atoms with Crippen LogP contribution in [0.4, 0.5) is 13.2 Å². The molecule has 4 nitrogen and oxygen atoms in total. The zero-order valence-corrected chi connectivity index (χ0v) is 18.0. The normalized spacial score (nSPS) is 13.7. The Bertz CT molecular complexity index is 611. The third-order valence-corrected chi connectivity index (χ3v) is 3.54. The molecule has 0 saturated carbocycles. The van der Waals surface area contributed by atoms with Crippen LogP contribution < -0.4 is 11.5 Å². The second-order valence-corrected chi connectivity index (χ2v) is 7.69. The molecule has 2 rings (SSSR count). The Morgan fingerprint density at radius 2 is 1.14 bits per heavy atom. The summed E-state index contributed by atoms with van der Waals surface area (Å²) in [6.45, 7) is 14.1. The van der Waals surface area contributed by atoms with Crippen molar-refractivity contribution in [2.45, 2.75) is 79.6 Å². The van der Waals surface area contributed by atoms with Gasteiger partial charge in [-0.15, -0.1) is 0 Å². The Balaban J connectivity index is 0.000000478. The van der Waals surface area contributed by atoms with E-state index in [0.717, 1.165) is 17.9 Å².